The molecule has 1 aromatic rings. The van der Waals surface area contributed by atoms with E-state index >= 15 is 0 Å². The van der Waals surface area contributed by atoms with Crippen molar-refractivity contribution < 1.29 is 19.5 Å². The van der Waals surface area contributed by atoms with Crippen molar-refractivity contribution >= 4 is 50.3 Å². The van der Waals surface area contributed by atoms with Crippen LogP contribution in [0.1, 0.15) is 0 Å². The lowest BCUT2D eigenvalue weighted by atomic mass is 10.2. The van der Waals surface area contributed by atoms with Gasteiger partial charge in [-0.25, -0.2) is 14.6 Å². The molecule has 1 aromatic heterocycles. The maximum absolute atomic E-state index is 12.0. The fraction of sp³-hybridized carbons (Fsp3) is 0.333. The second-order valence-electron chi connectivity index (χ2n) is 3.69. The Balaban J connectivity index is 2.10. The first-order chi connectivity index (χ1) is 8.97. The Hall–Kier alpha value is -1.68. The van der Waals surface area contributed by atoms with E-state index in [1.807, 2.05) is 0 Å². The van der Waals surface area contributed by atoms with E-state index in [0.717, 1.165) is 8.69 Å². The van der Waals surface area contributed by atoms with Crippen molar-refractivity contribution in [1.82, 2.24) is 15.2 Å². The number of carboxylic acids is 1. The van der Waals surface area contributed by atoms with Crippen molar-refractivity contribution in [3.8, 4) is 0 Å². The topological polar surface area (TPSA) is 112 Å². The molecule has 0 saturated carbocycles. The highest BCUT2D eigenvalue weighted by atomic mass is 79.9. The predicted molar refractivity (Wildman–Crippen MR) is 70.0 cm³/mol. The Labute approximate surface area is 119 Å². The molecule has 3 amide bonds. The molecule has 1 fully saturated rings. The van der Waals surface area contributed by atoms with E-state index in [1.54, 1.807) is 0 Å². The van der Waals surface area contributed by atoms with Crippen LogP contribution >= 0.6 is 27.3 Å². The van der Waals surface area contributed by atoms with Gasteiger partial charge < -0.3 is 10.4 Å². The van der Waals surface area contributed by atoms with Gasteiger partial charge in [0.05, 0.1) is 9.98 Å². The highest BCUT2D eigenvalue weighted by Crippen LogP contribution is 2.23. The van der Waals surface area contributed by atoms with Crippen LogP contribution in [0.2, 0.25) is 0 Å². The molecule has 1 aliphatic heterocycles. The molecule has 0 spiro atoms. The average molecular weight is 349 g/mol. The van der Waals surface area contributed by atoms with E-state index < -0.39 is 23.9 Å². The number of piperazine rings is 1. The van der Waals surface area contributed by atoms with Crippen molar-refractivity contribution in [3.05, 3.63) is 9.98 Å². The van der Waals surface area contributed by atoms with Crippen molar-refractivity contribution in [2.45, 2.75) is 6.04 Å². The van der Waals surface area contributed by atoms with Crippen LogP contribution in [0.5, 0.6) is 0 Å². The largest absolute Gasteiger partial charge is 0.480 e. The summed E-state index contributed by atoms with van der Waals surface area (Å²) < 4.78 is 0.731. The van der Waals surface area contributed by atoms with Crippen molar-refractivity contribution in [2.24, 2.45) is 0 Å². The minimum Gasteiger partial charge on any atom is -0.480 e. The van der Waals surface area contributed by atoms with Gasteiger partial charge in [-0.15, -0.1) is 0 Å². The summed E-state index contributed by atoms with van der Waals surface area (Å²) in [6.07, 6.45) is 1.51. The molecule has 10 heteroatoms. The number of anilines is 1. The van der Waals surface area contributed by atoms with Crippen LogP contribution < -0.4 is 10.6 Å². The van der Waals surface area contributed by atoms with Crippen LogP contribution in [-0.4, -0.2) is 52.0 Å². The second-order valence-corrected chi connectivity index (χ2v) is 6.10. The predicted octanol–water partition coefficient (Wildman–Crippen LogP) is 0.323. The third-order valence-electron chi connectivity index (χ3n) is 2.42. The lowest BCUT2D eigenvalue weighted by molar-refractivity contribution is -0.144. The zero-order valence-corrected chi connectivity index (χ0v) is 11.8. The summed E-state index contributed by atoms with van der Waals surface area (Å²) in [7, 11) is 0. The number of carbonyl (C=O) groups is 3. The summed E-state index contributed by atoms with van der Waals surface area (Å²) in [5.41, 5.74) is 0. The highest BCUT2D eigenvalue weighted by molar-refractivity contribution is 9.11. The number of aromatic nitrogens is 1. The lowest BCUT2D eigenvalue weighted by Gasteiger charge is -2.32. The zero-order valence-electron chi connectivity index (χ0n) is 9.42. The Bertz CT molecular complexity index is 534. The van der Waals surface area contributed by atoms with E-state index in [-0.39, 0.29) is 13.1 Å². The molecule has 1 saturated heterocycles. The number of carbonyl (C=O) groups excluding carboxylic acids is 2. The average Bonchev–Trinajstić information content (AvgIpc) is 2.74. The Kier molecular flexibility index (Phi) is 4.00. The monoisotopic (exact) mass is 348 g/mol. The van der Waals surface area contributed by atoms with E-state index in [2.05, 4.69) is 31.5 Å². The minimum atomic E-state index is -1.17. The summed E-state index contributed by atoms with van der Waals surface area (Å²) in [6, 6.07) is -1.75. The normalized spacial score (nSPS) is 18.9. The van der Waals surface area contributed by atoms with Crippen LogP contribution in [0.15, 0.2) is 9.98 Å². The number of halogens is 1. The first-order valence-corrected chi connectivity index (χ1v) is 6.77. The van der Waals surface area contributed by atoms with E-state index in [4.69, 9.17) is 5.11 Å². The number of nitrogens with zero attached hydrogens (tertiary/aromatic N) is 2. The Morgan fingerprint density at radius 1 is 1.63 bits per heavy atom. The third-order valence-corrected chi connectivity index (χ3v) is 3.81. The molecular formula is C9H9BrN4O4S. The molecule has 0 bridgehead atoms. The molecule has 19 heavy (non-hydrogen) atoms. The van der Waals surface area contributed by atoms with Gasteiger partial charge in [0.1, 0.15) is 12.6 Å². The molecule has 1 unspecified atom stereocenters. The smallest absolute Gasteiger partial charge is 0.328 e. The number of thiazole rings is 1. The van der Waals surface area contributed by atoms with Crippen molar-refractivity contribution in [1.29, 1.82) is 0 Å². The van der Waals surface area contributed by atoms with Crippen molar-refractivity contribution in [2.75, 3.05) is 18.4 Å². The molecule has 2 rings (SSSR count). The van der Waals surface area contributed by atoms with Crippen LogP contribution in [0.4, 0.5) is 9.93 Å². The Morgan fingerprint density at radius 2 is 2.37 bits per heavy atom. The first kappa shape index (κ1) is 13.7. The van der Waals surface area contributed by atoms with Crippen LogP contribution in [0, 0.1) is 0 Å². The number of amides is 3. The van der Waals surface area contributed by atoms with Gasteiger partial charge in [-0.3, -0.25) is 15.0 Å². The van der Waals surface area contributed by atoms with Gasteiger partial charge in [-0.05, 0) is 15.9 Å². The number of urea groups is 1. The summed E-state index contributed by atoms with van der Waals surface area (Å²) >= 11 is 4.39. The zero-order chi connectivity index (χ0) is 14.0. The number of carboxylic acid groups (broad SMARTS) is 1. The van der Waals surface area contributed by atoms with Gasteiger partial charge in [-0.2, -0.15) is 0 Å². The number of hydrogen-bond donors (Lipinski definition) is 3. The summed E-state index contributed by atoms with van der Waals surface area (Å²) in [5, 5.41) is 14.2. The molecule has 0 aliphatic carbocycles. The fourth-order valence-corrected chi connectivity index (χ4v) is 2.65. The minimum absolute atomic E-state index is 0.108. The molecule has 0 radical (unpaired) electrons. The van der Waals surface area contributed by atoms with Gasteiger partial charge in [0, 0.05) is 6.54 Å². The number of aliphatic carboxylic acids is 1. The molecule has 8 nitrogen and oxygen atoms in total. The van der Waals surface area contributed by atoms with Crippen molar-refractivity contribution in [3.63, 3.8) is 0 Å². The molecule has 0 aromatic carbocycles. The first-order valence-electron chi connectivity index (χ1n) is 5.16. The van der Waals surface area contributed by atoms with Gasteiger partial charge in [0.25, 0.3) is 0 Å². The van der Waals surface area contributed by atoms with Crippen LogP contribution in [0.25, 0.3) is 0 Å². The second kappa shape index (κ2) is 5.53. The highest BCUT2D eigenvalue weighted by Gasteiger charge is 2.35. The van der Waals surface area contributed by atoms with Crippen LogP contribution in [0.3, 0.4) is 0 Å². The van der Waals surface area contributed by atoms with E-state index in [1.165, 1.54) is 17.5 Å². The summed E-state index contributed by atoms with van der Waals surface area (Å²) in [4.78, 5) is 39.1. The molecule has 1 atom stereocenters. The summed E-state index contributed by atoms with van der Waals surface area (Å²) in [6.45, 7) is -0.404. The van der Waals surface area contributed by atoms with E-state index in [0.29, 0.717) is 5.13 Å². The summed E-state index contributed by atoms with van der Waals surface area (Å²) in [5.74, 6) is -1.57. The van der Waals surface area contributed by atoms with Gasteiger partial charge in [-0.1, -0.05) is 11.3 Å². The number of nitrogens with one attached hydrogen (secondary N) is 2. The van der Waals surface area contributed by atoms with E-state index in [9.17, 15) is 14.4 Å². The molecule has 1 aliphatic rings. The maximum Gasteiger partial charge on any atom is 0.328 e. The van der Waals surface area contributed by atoms with Gasteiger partial charge >= 0.3 is 12.0 Å². The molecule has 102 valence electrons. The molecular weight excluding hydrogens is 340 g/mol. The third kappa shape index (κ3) is 3.20. The number of rotatable bonds is 2. The number of hydrogen-bond acceptors (Lipinski definition) is 5. The van der Waals surface area contributed by atoms with Gasteiger partial charge in [0.15, 0.2) is 5.13 Å². The molecule has 2 heterocycles. The van der Waals surface area contributed by atoms with Gasteiger partial charge in [0.2, 0.25) is 5.91 Å². The maximum atomic E-state index is 12.0. The SMILES string of the molecule is O=C1CN(C(=O)Nc2ncc(Br)s2)C(C(=O)O)CN1. The van der Waals surface area contributed by atoms with Crippen LogP contribution in [-0.2, 0) is 9.59 Å². The fourth-order valence-electron chi connectivity index (χ4n) is 1.55. The Morgan fingerprint density at radius 3 is 2.95 bits per heavy atom. The lowest BCUT2D eigenvalue weighted by Crippen LogP contribution is -2.60. The quantitative estimate of drug-likeness (QED) is 0.712. The molecule has 3 N–H and O–H groups in total. The standard InChI is InChI=1S/C9H9BrN4O4S/c10-5-2-12-8(19-5)13-9(18)14-3-6(15)11-1-4(14)7(16)17/h2,4H,1,3H2,(H,11,15)(H,16,17)(H,12,13,18).